The highest BCUT2D eigenvalue weighted by atomic mass is 35.5. The van der Waals surface area contributed by atoms with E-state index in [9.17, 15) is 4.79 Å². The van der Waals surface area contributed by atoms with Gasteiger partial charge in [0.2, 0.25) is 0 Å². The molecule has 0 aliphatic carbocycles. The SMILES string of the molecule is O=C(Cc1ccc(Cl)cc1Cl)OCc1cc(Cl)cc2c1OCOC2. The Morgan fingerprint density at radius 2 is 1.92 bits per heavy atom. The Hall–Kier alpha value is -1.46. The summed E-state index contributed by atoms with van der Waals surface area (Å²) >= 11 is 18.0. The van der Waals surface area contributed by atoms with Crippen molar-refractivity contribution >= 4 is 40.8 Å². The highest BCUT2D eigenvalue weighted by Crippen LogP contribution is 2.32. The van der Waals surface area contributed by atoms with Gasteiger partial charge in [0.05, 0.1) is 13.0 Å². The van der Waals surface area contributed by atoms with Crippen molar-refractivity contribution in [3.05, 3.63) is 62.1 Å². The third-order valence-corrected chi connectivity index (χ3v) is 4.30. The number of fused-ring (bicyclic) bond motifs is 1. The van der Waals surface area contributed by atoms with Crippen LogP contribution >= 0.6 is 34.8 Å². The molecule has 0 aromatic heterocycles. The van der Waals surface area contributed by atoms with Crippen molar-refractivity contribution in [2.45, 2.75) is 19.6 Å². The van der Waals surface area contributed by atoms with Crippen molar-refractivity contribution in [3.8, 4) is 5.75 Å². The van der Waals surface area contributed by atoms with E-state index >= 15 is 0 Å². The Kier molecular flexibility index (Phi) is 5.51. The van der Waals surface area contributed by atoms with Gasteiger partial charge in [-0.05, 0) is 29.8 Å². The first-order valence-electron chi connectivity index (χ1n) is 7.14. The molecule has 0 bridgehead atoms. The molecule has 0 saturated heterocycles. The van der Waals surface area contributed by atoms with E-state index in [4.69, 9.17) is 49.0 Å². The normalized spacial score (nSPS) is 13.1. The van der Waals surface area contributed by atoms with Gasteiger partial charge >= 0.3 is 5.97 Å². The lowest BCUT2D eigenvalue weighted by Gasteiger charge is -2.21. The maximum Gasteiger partial charge on any atom is 0.310 e. The summed E-state index contributed by atoms with van der Waals surface area (Å²) in [7, 11) is 0. The zero-order valence-corrected chi connectivity index (χ0v) is 14.7. The fraction of sp³-hybridized carbons (Fsp3) is 0.235. The number of carbonyl (C=O) groups is 1. The van der Waals surface area contributed by atoms with Crippen LogP contribution in [0.3, 0.4) is 0 Å². The summed E-state index contributed by atoms with van der Waals surface area (Å²) in [6, 6.07) is 8.46. The minimum Gasteiger partial charge on any atom is -0.467 e. The Bertz CT molecular complexity index is 777. The lowest BCUT2D eigenvalue weighted by molar-refractivity contribution is -0.144. The summed E-state index contributed by atoms with van der Waals surface area (Å²) in [5, 5.41) is 1.48. The number of halogens is 3. The van der Waals surface area contributed by atoms with Gasteiger partial charge in [0.15, 0.2) is 6.79 Å². The minimum atomic E-state index is -0.403. The number of carbonyl (C=O) groups excluding carboxylic acids is 1. The summed E-state index contributed by atoms with van der Waals surface area (Å²) in [5.74, 6) is 0.253. The number of hydrogen-bond donors (Lipinski definition) is 0. The van der Waals surface area contributed by atoms with Crippen molar-refractivity contribution in [2.75, 3.05) is 6.79 Å². The van der Waals surface area contributed by atoms with E-state index in [1.54, 1.807) is 30.3 Å². The average molecular weight is 388 g/mol. The van der Waals surface area contributed by atoms with Gasteiger partial charge in [0, 0.05) is 26.2 Å². The second kappa shape index (κ2) is 7.62. The molecule has 3 rings (SSSR count). The van der Waals surface area contributed by atoms with Crippen molar-refractivity contribution in [3.63, 3.8) is 0 Å². The monoisotopic (exact) mass is 386 g/mol. The van der Waals surface area contributed by atoms with Crippen molar-refractivity contribution < 1.29 is 19.0 Å². The van der Waals surface area contributed by atoms with E-state index in [-0.39, 0.29) is 19.8 Å². The molecule has 0 spiro atoms. The molecule has 2 aromatic rings. The fourth-order valence-corrected chi connectivity index (χ4v) is 3.13. The first-order valence-corrected chi connectivity index (χ1v) is 8.27. The van der Waals surface area contributed by atoms with Crippen LogP contribution in [0.25, 0.3) is 0 Å². The molecule has 7 heteroatoms. The topological polar surface area (TPSA) is 44.8 Å². The zero-order valence-electron chi connectivity index (χ0n) is 12.5. The Morgan fingerprint density at radius 3 is 2.71 bits per heavy atom. The quantitative estimate of drug-likeness (QED) is 0.707. The molecule has 0 saturated carbocycles. The first-order chi connectivity index (χ1) is 11.5. The second-order valence-electron chi connectivity index (χ2n) is 5.24. The lowest BCUT2D eigenvalue weighted by atomic mass is 10.1. The molecule has 1 aliphatic heterocycles. The van der Waals surface area contributed by atoms with Crippen molar-refractivity contribution in [1.82, 2.24) is 0 Å². The number of ether oxygens (including phenoxy) is 3. The van der Waals surface area contributed by atoms with Gasteiger partial charge in [-0.3, -0.25) is 4.79 Å². The molecule has 0 fully saturated rings. The maximum absolute atomic E-state index is 12.1. The predicted octanol–water partition coefficient (Wildman–Crippen LogP) is 4.80. The fourth-order valence-electron chi connectivity index (χ4n) is 2.39. The lowest BCUT2D eigenvalue weighted by Crippen LogP contribution is -2.15. The van der Waals surface area contributed by atoms with E-state index in [0.717, 1.165) is 5.56 Å². The number of esters is 1. The molecular formula is C17H13Cl3O4. The van der Waals surface area contributed by atoms with Crippen LogP contribution in [0.1, 0.15) is 16.7 Å². The van der Waals surface area contributed by atoms with Gasteiger partial charge in [-0.25, -0.2) is 0 Å². The smallest absolute Gasteiger partial charge is 0.310 e. The molecule has 0 amide bonds. The second-order valence-corrected chi connectivity index (χ2v) is 6.52. The Morgan fingerprint density at radius 1 is 1.08 bits per heavy atom. The standard InChI is InChI=1S/C17H13Cl3O4/c18-13-2-1-10(15(20)6-13)5-16(21)23-8-12-4-14(19)3-11-7-22-9-24-17(11)12/h1-4,6H,5,7-9H2. The van der Waals surface area contributed by atoms with Gasteiger partial charge in [-0.15, -0.1) is 0 Å². The molecule has 1 heterocycles. The summed E-state index contributed by atoms with van der Waals surface area (Å²) in [6.45, 7) is 0.639. The third kappa shape index (κ3) is 4.14. The summed E-state index contributed by atoms with van der Waals surface area (Å²) < 4.78 is 16.0. The molecule has 1 aliphatic rings. The molecule has 0 atom stereocenters. The number of hydrogen-bond acceptors (Lipinski definition) is 4. The first kappa shape index (κ1) is 17.4. The number of rotatable bonds is 4. The van der Waals surface area contributed by atoms with Crippen LogP contribution in [0.15, 0.2) is 30.3 Å². The molecular weight excluding hydrogens is 375 g/mol. The van der Waals surface area contributed by atoms with E-state index in [0.29, 0.717) is 38.6 Å². The maximum atomic E-state index is 12.1. The summed E-state index contributed by atoms with van der Waals surface area (Å²) in [6.07, 6.45) is 0.0583. The Labute approximate surface area is 154 Å². The van der Waals surface area contributed by atoms with Crippen LogP contribution in [-0.4, -0.2) is 12.8 Å². The molecule has 126 valence electrons. The van der Waals surface area contributed by atoms with E-state index in [1.807, 2.05) is 0 Å². The van der Waals surface area contributed by atoms with Gasteiger partial charge in [0.1, 0.15) is 12.4 Å². The summed E-state index contributed by atoms with van der Waals surface area (Å²) in [5.41, 5.74) is 2.20. The molecule has 0 N–H and O–H groups in total. The van der Waals surface area contributed by atoms with Crippen molar-refractivity contribution in [2.24, 2.45) is 0 Å². The molecule has 2 aromatic carbocycles. The zero-order chi connectivity index (χ0) is 17.1. The highest BCUT2D eigenvalue weighted by molar-refractivity contribution is 6.35. The summed E-state index contributed by atoms with van der Waals surface area (Å²) in [4.78, 5) is 12.1. The van der Waals surface area contributed by atoms with Gasteiger partial charge in [-0.2, -0.15) is 0 Å². The van der Waals surface area contributed by atoms with Crippen LogP contribution in [0.2, 0.25) is 15.1 Å². The molecule has 24 heavy (non-hydrogen) atoms. The average Bonchev–Trinajstić information content (AvgIpc) is 2.55. The van der Waals surface area contributed by atoms with E-state index < -0.39 is 5.97 Å². The van der Waals surface area contributed by atoms with Crippen molar-refractivity contribution in [1.29, 1.82) is 0 Å². The van der Waals surface area contributed by atoms with Crippen LogP contribution in [0, 0.1) is 0 Å². The minimum absolute atomic E-state index is 0.0583. The Balaban J connectivity index is 1.67. The molecule has 4 nitrogen and oxygen atoms in total. The molecule has 0 radical (unpaired) electrons. The predicted molar refractivity (Wildman–Crippen MR) is 91.7 cm³/mol. The van der Waals surface area contributed by atoms with E-state index in [2.05, 4.69) is 0 Å². The van der Waals surface area contributed by atoms with Gasteiger partial charge < -0.3 is 14.2 Å². The van der Waals surface area contributed by atoms with Crippen LogP contribution < -0.4 is 4.74 Å². The molecule has 0 unspecified atom stereocenters. The van der Waals surface area contributed by atoms with Crippen LogP contribution in [0.5, 0.6) is 5.75 Å². The van der Waals surface area contributed by atoms with Crippen LogP contribution in [-0.2, 0) is 33.9 Å². The van der Waals surface area contributed by atoms with Gasteiger partial charge in [-0.1, -0.05) is 40.9 Å². The highest BCUT2D eigenvalue weighted by Gasteiger charge is 2.18. The third-order valence-electron chi connectivity index (χ3n) is 3.49. The largest absolute Gasteiger partial charge is 0.467 e. The van der Waals surface area contributed by atoms with Gasteiger partial charge in [0.25, 0.3) is 0 Å². The van der Waals surface area contributed by atoms with E-state index in [1.165, 1.54) is 0 Å². The number of benzene rings is 2. The van der Waals surface area contributed by atoms with Crippen LogP contribution in [0.4, 0.5) is 0 Å².